The molecule has 0 spiro atoms. The number of hydrogen-bond donors (Lipinski definition) is 2. The van der Waals surface area contributed by atoms with E-state index in [0.717, 1.165) is 11.3 Å². The highest BCUT2D eigenvalue weighted by atomic mass is 16.4. The Morgan fingerprint density at radius 1 is 1.31 bits per heavy atom. The Balaban J connectivity index is 2.90. The van der Waals surface area contributed by atoms with E-state index in [0.29, 0.717) is 0 Å². The molecule has 0 saturated carbocycles. The summed E-state index contributed by atoms with van der Waals surface area (Å²) in [5, 5.41) is 12.2. The minimum absolute atomic E-state index is 0.0539. The van der Waals surface area contributed by atoms with E-state index >= 15 is 0 Å². The van der Waals surface area contributed by atoms with Crippen LogP contribution < -0.4 is 5.32 Å². The van der Waals surface area contributed by atoms with Crippen LogP contribution >= 0.6 is 0 Å². The molecule has 88 valence electrons. The number of aryl methyl sites for hydroxylation is 2. The van der Waals surface area contributed by atoms with Gasteiger partial charge in [0.1, 0.15) is 6.04 Å². The molecule has 0 aliphatic carbocycles. The van der Waals surface area contributed by atoms with Crippen LogP contribution in [-0.2, 0) is 4.79 Å². The minimum atomic E-state index is -0.810. The van der Waals surface area contributed by atoms with Gasteiger partial charge in [-0.3, -0.25) is 0 Å². The molecule has 0 bridgehead atoms. The standard InChI is InChI=1S/C13H19NO2/c1-8(2)12(13(15)16)14-11-6-5-9(3)7-10(11)4/h5-8,12,14H,1-4H3,(H,15,16)/t12-/m0/s1. The van der Waals surface area contributed by atoms with Crippen molar-refractivity contribution in [2.45, 2.75) is 33.7 Å². The van der Waals surface area contributed by atoms with Gasteiger partial charge < -0.3 is 10.4 Å². The van der Waals surface area contributed by atoms with Gasteiger partial charge in [-0.15, -0.1) is 0 Å². The zero-order valence-corrected chi connectivity index (χ0v) is 10.2. The SMILES string of the molecule is Cc1ccc(N[C@H](C(=O)O)C(C)C)c(C)c1. The molecule has 16 heavy (non-hydrogen) atoms. The second-order valence-corrected chi connectivity index (χ2v) is 4.52. The molecule has 1 atom stereocenters. The maximum atomic E-state index is 11.1. The molecule has 1 aromatic rings. The fourth-order valence-corrected chi connectivity index (χ4v) is 1.66. The van der Waals surface area contributed by atoms with Crippen LogP contribution in [0.15, 0.2) is 18.2 Å². The topological polar surface area (TPSA) is 49.3 Å². The maximum absolute atomic E-state index is 11.1. The van der Waals surface area contributed by atoms with E-state index in [4.69, 9.17) is 5.11 Å². The number of carboxylic acids is 1. The van der Waals surface area contributed by atoms with Gasteiger partial charge in [-0.25, -0.2) is 4.79 Å². The van der Waals surface area contributed by atoms with E-state index in [1.165, 1.54) is 5.56 Å². The molecule has 0 aliphatic rings. The fraction of sp³-hybridized carbons (Fsp3) is 0.462. The quantitative estimate of drug-likeness (QED) is 0.822. The summed E-state index contributed by atoms with van der Waals surface area (Å²) < 4.78 is 0. The predicted octanol–water partition coefficient (Wildman–Crippen LogP) is 2.82. The number of rotatable bonds is 4. The van der Waals surface area contributed by atoms with Crippen molar-refractivity contribution in [2.24, 2.45) is 5.92 Å². The Kier molecular flexibility index (Phi) is 3.93. The lowest BCUT2D eigenvalue weighted by atomic mass is 10.0. The van der Waals surface area contributed by atoms with Crippen LogP contribution in [0.2, 0.25) is 0 Å². The van der Waals surface area contributed by atoms with Gasteiger partial charge in [0.25, 0.3) is 0 Å². The molecular formula is C13H19NO2. The van der Waals surface area contributed by atoms with Crippen LogP contribution in [0.3, 0.4) is 0 Å². The second-order valence-electron chi connectivity index (χ2n) is 4.52. The summed E-state index contributed by atoms with van der Waals surface area (Å²) in [6, 6.07) is 5.42. The second kappa shape index (κ2) is 5.01. The first kappa shape index (κ1) is 12.6. The lowest BCUT2D eigenvalue weighted by Crippen LogP contribution is -2.34. The number of benzene rings is 1. The van der Waals surface area contributed by atoms with E-state index in [2.05, 4.69) is 5.32 Å². The van der Waals surface area contributed by atoms with Crippen molar-refractivity contribution in [3.63, 3.8) is 0 Å². The molecule has 3 nitrogen and oxygen atoms in total. The molecule has 0 amide bonds. The highest BCUT2D eigenvalue weighted by Crippen LogP contribution is 2.19. The smallest absolute Gasteiger partial charge is 0.326 e. The van der Waals surface area contributed by atoms with Crippen molar-refractivity contribution >= 4 is 11.7 Å². The number of aliphatic carboxylic acids is 1. The van der Waals surface area contributed by atoms with Gasteiger partial charge in [0.05, 0.1) is 0 Å². The van der Waals surface area contributed by atoms with Crippen LogP contribution in [0.1, 0.15) is 25.0 Å². The molecule has 0 aromatic heterocycles. The zero-order valence-electron chi connectivity index (χ0n) is 10.2. The Labute approximate surface area is 96.5 Å². The summed E-state index contributed by atoms with van der Waals surface area (Å²) in [5.74, 6) is -0.756. The number of carbonyl (C=O) groups is 1. The van der Waals surface area contributed by atoms with Crippen molar-refractivity contribution in [3.8, 4) is 0 Å². The van der Waals surface area contributed by atoms with Gasteiger partial charge in [-0.2, -0.15) is 0 Å². The third-order valence-corrected chi connectivity index (χ3v) is 2.63. The van der Waals surface area contributed by atoms with E-state index < -0.39 is 12.0 Å². The molecule has 0 unspecified atom stereocenters. The van der Waals surface area contributed by atoms with Crippen molar-refractivity contribution in [1.29, 1.82) is 0 Å². The van der Waals surface area contributed by atoms with Crippen LogP contribution in [0.4, 0.5) is 5.69 Å². The van der Waals surface area contributed by atoms with E-state index in [9.17, 15) is 4.79 Å². The molecular weight excluding hydrogens is 202 g/mol. The van der Waals surface area contributed by atoms with Gasteiger partial charge >= 0.3 is 5.97 Å². The first-order chi connectivity index (χ1) is 7.41. The molecule has 2 N–H and O–H groups in total. The van der Waals surface area contributed by atoms with Crippen molar-refractivity contribution in [1.82, 2.24) is 0 Å². The number of hydrogen-bond acceptors (Lipinski definition) is 2. The van der Waals surface area contributed by atoms with Crippen molar-refractivity contribution in [3.05, 3.63) is 29.3 Å². The summed E-state index contributed by atoms with van der Waals surface area (Å²) in [6.45, 7) is 7.80. The van der Waals surface area contributed by atoms with Gasteiger partial charge in [0.15, 0.2) is 0 Å². The normalized spacial score (nSPS) is 12.6. The van der Waals surface area contributed by atoms with Crippen LogP contribution in [0, 0.1) is 19.8 Å². The minimum Gasteiger partial charge on any atom is -0.480 e. The summed E-state index contributed by atoms with van der Waals surface area (Å²) in [6.07, 6.45) is 0. The first-order valence-electron chi connectivity index (χ1n) is 5.48. The first-order valence-corrected chi connectivity index (χ1v) is 5.48. The van der Waals surface area contributed by atoms with Gasteiger partial charge in [-0.05, 0) is 31.4 Å². The molecule has 0 aliphatic heterocycles. The van der Waals surface area contributed by atoms with E-state index in [1.54, 1.807) is 0 Å². The molecule has 0 heterocycles. The van der Waals surface area contributed by atoms with Crippen molar-refractivity contribution < 1.29 is 9.90 Å². The molecule has 0 radical (unpaired) electrons. The molecule has 0 fully saturated rings. The van der Waals surface area contributed by atoms with E-state index in [-0.39, 0.29) is 5.92 Å². The Bertz CT molecular complexity index is 386. The van der Waals surface area contributed by atoms with Crippen LogP contribution in [-0.4, -0.2) is 17.1 Å². The van der Waals surface area contributed by atoms with Gasteiger partial charge in [-0.1, -0.05) is 31.5 Å². The van der Waals surface area contributed by atoms with Crippen LogP contribution in [0.5, 0.6) is 0 Å². The summed E-state index contributed by atoms with van der Waals surface area (Å²) in [4.78, 5) is 11.1. The summed E-state index contributed by atoms with van der Waals surface area (Å²) >= 11 is 0. The maximum Gasteiger partial charge on any atom is 0.326 e. The number of carboxylic acid groups (broad SMARTS) is 1. The van der Waals surface area contributed by atoms with Gasteiger partial charge in [0.2, 0.25) is 0 Å². The highest BCUT2D eigenvalue weighted by Gasteiger charge is 2.21. The summed E-state index contributed by atoms with van der Waals surface area (Å²) in [5.41, 5.74) is 3.15. The largest absolute Gasteiger partial charge is 0.480 e. The zero-order chi connectivity index (χ0) is 12.3. The number of nitrogens with one attached hydrogen (secondary N) is 1. The lowest BCUT2D eigenvalue weighted by molar-refractivity contribution is -0.138. The Morgan fingerprint density at radius 2 is 1.94 bits per heavy atom. The predicted molar refractivity (Wildman–Crippen MR) is 65.8 cm³/mol. The third-order valence-electron chi connectivity index (χ3n) is 2.63. The van der Waals surface area contributed by atoms with Crippen LogP contribution in [0.25, 0.3) is 0 Å². The third kappa shape index (κ3) is 2.99. The molecule has 0 saturated heterocycles. The number of anilines is 1. The average molecular weight is 221 g/mol. The van der Waals surface area contributed by atoms with Gasteiger partial charge in [0, 0.05) is 5.69 Å². The highest BCUT2D eigenvalue weighted by molar-refractivity contribution is 5.78. The Hall–Kier alpha value is -1.51. The Morgan fingerprint density at radius 3 is 2.38 bits per heavy atom. The lowest BCUT2D eigenvalue weighted by Gasteiger charge is -2.20. The molecule has 1 aromatic carbocycles. The summed E-state index contributed by atoms with van der Waals surface area (Å²) in [7, 11) is 0. The monoisotopic (exact) mass is 221 g/mol. The molecule has 3 heteroatoms. The fourth-order valence-electron chi connectivity index (χ4n) is 1.66. The van der Waals surface area contributed by atoms with E-state index in [1.807, 2.05) is 45.9 Å². The molecule has 1 rings (SSSR count). The average Bonchev–Trinajstić information content (AvgIpc) is 2.15. The van der Waals surface area contributed by atoms with Crippen molar-refractivity contribution in [2.75, 3.05) is 5.32 Å².